The van der Waals surface area contributed by atoms with Gasteiger partial charge in [0.1, 0.15) is 5.82 Å². The first-order valence-electron chi connectivity index (χ1n) is 4.75. The number of nitrogens with one attached hydrogen (secondary N) is 1. The first-order valence-corrected chi connectivity index (χ1v) is 5.13. The molecule has 1 aromatic heterocycles. The fourth-order valence-corrected chi connectivity index (χ4v) is 1.34. The molecule has 15 heavy (non-hydrogen) atoms. The van der Waals surface area contributed by atoms with Gasteiger partial charge in [0.2, 0.25) is 0 Å². The fourth-order valence-electron chi connectivity index (χ4n) is 1.15. The lowest BCUT2D eigenvalue weighted by Crippen LogP contribution is -2.18. The molecule has 0 spiro atoms. The lowest BCUT2D eigenvalue weighted by Gasteiger charge is -2.10. The number of hydrogen-bond acceptors (Lipinski definition) is 4. The van der Waals surface area contributed by atoms with Gasteiger partial charge in [-0.2, -0.15) is 0 Å². The molecule has 0 saturated carbocycles. The molecule has 1 heterocycles. The van der Waals surface area contributed by atoms with Gasteiger partial charge in [0, 0.05) is 19.9 Å². The lowest BCUT2D eigenvalue weighted by molar-refractivity contribution is 0.0615. The van der Waals surface area contributed by atoms with Crippen LogP contribution in [0.4, 0.5) is 5.82 Å². The normalized spacial score (nSPS) is 12.5. The van der Waals surface area contributed by atoms with E-state index in [2.05, 4.69) is 10.3 Å². The summed E-state index contributed by atoms with van der Waals surface area (Å²) < 4.78 is 4.81. The predicted molar refractivity (Wildman–Crippen MR) is 60.2 cm³/mol. The lowest BCUT2D eigenvalue weighted by atomic mass is 10.2. The van der Waals surface area contributed by atoms with E-state index in [-0.39, 0.29) is 0 Å². The molecular weight excluding hydrogens is 216 g/mol. The van der Waals surface area contributed by atoms with Crippen molar-refractivity contribution in [2.24, 2.45) is 0 Å². The third-order valence-corrected chi connectivity index (χ3v) is 2.19. The van der Waals surface area contributed by atoms with Gasteiger partial charge in [0.25, 0.3) is 0 Å². The van der Waals surface area contributed by atoms with E-state index in [1.54, 1.807) is 25.4 Å². The van der Waals surface area contributed by atoms with Crippen LogP contribution in [0.5, 0.6) is 0 Å². The number of hydrogen-bond donors (Lipinski definition) is 2. The largest absolute Gasteiger partial charge is 0.391 e. The van der Waals surface area contributed by atoms with Crippen molar-refractivity contribution in [2.45, 2.75) is 12.5 Å². The highest BCUT2D eigenvalue weighted by Crippen LogP contribution is 2.17. The zero-order valence-electron chi connectivity index (χ0n) is 8.61. The topological polar surface area (TPSA) is 54.4 Å². The minimum absolute atomic E-state index is 0.345. The summed E-state index contributed by atoms with van der Waals surface area (Å²) in [4.78, 5) is 4.07. The van der Waals surface area contributed by atoms with Gasteiger partial charge in [0.05, 0.1) is 17.7 Å². The van der Waals surface area contributed by atoms with Crippen LogP contribution < -0.4 is 5.32 Å². The molecule has 1 aromatic rings. The zero-order chi connectivity index (χ0) is 11.1. The summed E-state index contributed by atoms with van der Waals surface area (Å²) in [5.74, 6) is 0.642. The van der Waals surface area contributed by atoms with E-state index in [9.17, 15) is 5.11 Å². The van der Waals surface area contributed by atoms with Crippen molar-refractivity contribution in [2.75, 3.05) is 25.6 Å². The summed E-state index contributed by atoms with van der Waals surface area (Å²) in [6.07, 6.45) is 1.81. The molecule has 0 aliphatic carbocycles. The van der Waals surface area contributed by atoms with Crippen LogP contribution in [-0.4, -0.2) is 36.5 Å². The van der Waals surface area contributed by atoms with Crippen LogP contribution in [-0.2, 0) is 4.74 Å². The van der Waals surface area contributed by atoms with E-state index in [1.165, 1.54) is 0 Å². The van der Waals surface area contributed by atoms with Crippen LogP contribution in [0.1, 0.15) is 6.42 Å². The van der Waals surface area contributed by atoms with E-state index < -0.39 is 6.10 Å². The van der Waals surface area contributed by atoms with Crippen molar-refractivity contribution in [3.05, 3.63) is 23.4 Å². The number of anilines is 1. The number of rotatable bonds is 6. The average molecular weight is 231 g/mol. The van der Waals surface area contributed by atoms with Crippen molar-refractivity contribution < 1.29 is 9.84 Å². The van der Waals surface area contributed by atoms with Crippen LogP contribution in [0, 0.1) is 0 Å². The molecule has 1 rings (SSSR count). The van der Waals surface area contributed by atoms with E-state index in [0.717, 1.165) is 0 Å². The highest BCUT2D eigenvalue weighted by atomic mass is 35.5. The first-order chi connectivity index (χ1) is 7.24. The molecule has 1 atom stereocenters. The molecule has 0 aliphatic heterocycles. The molecule has 0 fully saturated rings. The maximum absolute atomic E-state index is 9.38. The van der Waals surface area contributed by atoms with Gasteiger partial charge in [0.15, 0.2) is 0 Å². The van der Waals surface area contributed by atoms with E-state index in [4.69, 9.17) is 16.3 Å². The number of methoxy groups -OCH3 is 1. The molecular formula is C10H15ClN2O2. The third kappa shape index (κ3) is 4.46. The van der Waals surface area contributed by atoms with Crippen LogP contribution in [0.3, 0.4) is 0 Å². The van der Waals surface area contributed by atoms with Gasteiger partial charge >= 0.3 is 0 Å². The Bertz CT molecular complexity index is 297. The van der Waals surface area contributed by atoms with Crippen molar-refractivity contribution in [1.29, 1.82) is 0 Å². The SMILES string of the molecule is COCC(O)CCNc1ncccc1Cl. The Morgan fingerprint density at radius 2 is 2.47 bits per heavy atom. The Balaban J connectivity index is 2.29. The molecule has 0 saturated heterocycles. The second-order valence-electron chi connectivity index (χ2n) is 3.16. The summed E-state index contributed by atoms with van der Waals surface area (Å²) in [5, 5.41) is 13.0. The average Bonchev–Trinajstić information content (AvgIpc) is 2.21. The van der Waals surface area contributed by atoms with Crippen LogP contribution in [0.2, 0.25) is 5.02 Å². The van der Waals surface area contributed by atoms with Crippen molar-refractivity contribution in [3.8, 4) is 0 Å². The molecule has 0 aliphatic rings. The molecule has 1 unspecified atom stereocenters. The Labute approximate surface area is 94.2 Å². The Kier molecular flexibility index (Phi) is 5.39. The Morgan fingerprint density at radius 1 is 1.67 bits per heavy atom. The van der Waals surface area contributed by atoms with Gasteiger partial charge in [-0.1, -0.05) is 11.6 Å². The number of ether oxygens (including phenoxy) is 1. The third-order valence-electron chi connectivity index (χ3n) is 1.89. The molecule has 84 valence electrons. The van der Waals surface area contributed by atoms with Gasteiger partial charge in [-0.05, 0) is 18.6 Å². The first kappa shape index (κ1) is 12.2. The molecule has 5 heteroatoms. The summed E-state index contributed by atoms with van der Waals surface area (Å²) in [6, 6.07) is 3.54. The van der Waals surface area contributed by atoms with Crippen molar-refractivity contribution in [1.82, 2.24) is 4.98 Å². The van der Waals surface area contributed by atoms with E-state index in [0.29, 0.717) is 30.4 Å². The maximum atomic E-state index is 9.38. The standard InChI is InChI=1S/C10H15ClN2O2/c1-15-7-8(14)4-6-13-10-9(11)3-2-5-12-10/h2-3,5,8,14H,4,6-7H2,1H3,(H,12,13). The fraction of sp³-hybridized carbons (Fsp3) is 0.500. The van der Waals surface area contributed by atoms with Gasteiger partial charge < -0.3 is 15.2 Å². The molecule has 2 N–H and O–H groups in total. The van der Waals surface area contributed by atoms with Gasteiger partial charge in [-0.3, -0.25) is 0 Å². The molecule has 0 amide bonds. The summed E-state index contributed by atoms with van der Waals surface area (Å²) in [7, 11) is 1.56. The minimum Gasteiger partial charge on any atom is -0.391 e. The highest BCUT2D eigenvalue weighted by Gasteiger charge is 2.04. The number of aliphatic hydroxyl groups excluding tert-OH is 1. The molecule has 0 bridgehead atoms. The minimum atomic E-state index is -0.454. The van der Waals surface area contributed by atoms with Gasteiger partial charge in [-0.15, -0.1) is 0 Å². The Hall–Kier alpha value is -0.840. The van der Waals surface area contributed by atoms with Crippen LogP contribution in [0.25, 0.3) is 0 Å². The maximum Gasteiger partial charge on any atom is 0.144 e. The van der Waals surface area contributed by atoms with Crippen LogP contribution in [0.15, 0.2) is 18.3 Å². The molecule has 0 radical (unpaired) electrons. The van der Waals surface area contributed by atoms with Crippen molar-refractivity contribution >= 4 is 17.4 Å². The monoisotopic (exact) mass is 230 g/mol. The second-order valence-corrected chi connectivity index (χ2v) is 3.57. The Morgan fingerprint density at radius 3 is 3.13 bits per heavy atom. The van der Waals surface area contributed by atoms with E-state index in [1.807, 2.05) is 0 Å². The number of pyridine rings is 1. The van der Waals surface area contributed by atoms with Crippen molar-refractivity contribution in [3.63, 3.8) is 0 Å². The second kappa shape index (κ2) is 6.61. The summed E-state index contributed by atoms with van der Waals surface area (Å²) >= 11 is 5.89. The highest BCUT2D eigenvalue weighted by molar-refractivity contribution is 6.32. The number of aromatic nitrogens is 1. The summed E-state index contributed by atoms with van der Waals surface area (Å²) in [5.41, 5.74) is 0. The van der Waals surface area contributed by atoms with Crippen LogP contribution >= 0.6 is 11.6 Å². The van der Waals surface area contributed by atoms with E-state index >= 15 is 0 Å². The number of nitrogens with zero attached hydrogens (tertiary/aromatic N) is 1. The quantitative estimate of drug-likeness (QED) is 0.779. The van der Waals surface area contributed by atoms with Gasteiger partial charge in [-0.25, -0.2) is 4.98 Å². The molecule has 4 nitrogen and oxygen atoms in total. The zero-order valence-corrected chi connectivity index (χ0v) is 9.37. The number of aliphatic hydroxyl groups is 1. The number of halogens is 1. The smallest absolute Gasteiger partial charge is 0.144 e. The summed E-state index contributed by atoms with van der Waals surface area (Å²) in [6.45, 7) is 0.957. The predicted octanol–water partition coefficient (Wildman–Crippen LogP) is 1.54. The molecule has 0 aromatic carbocycles.